The minimum absolute atomic E-state index is 0.194. The number of benzene rings is 2. The smallest absolute Gasteiger partial charge is 0.146 e. The van der Waals surface area contributed by atoms with Crippen molar-refractivity contribution in [2.24, 2.45) is 0 Å². The average molecular weight is 310 g/mol. The first-order chi connectivity index (χ1) is 9.51. The summed E-state index contributed by atoms with van der Waals surface area (Å²) in [6, 6.07) is 11.5. The van der Waals surface area contributed by atoms with Gasteiger partial charge < -0.3 is 10.1 Å². The normalized spacial score (nSPS) is 12.2. The molecule has 1 unspecified atom stereocenters. The van der Waals surface area contributed by atoms with E-state index in [0.29, 0.717) is 21.5 Å². The minimum Gasteiger partial charge on any atom is -0.456 e. The lowest BCUT2D eigenvalue weighted by Gasteiger charge is -2.14. The molecule has 2 nitrogen and oxygen atoms in total. The molecule has 0 aliphatic carbocycles. The maximum absolute atomic E-state index is 6.28. The van der Waals surface area contributed by atoms with Crippen molar-refractivity contribution in [1.29, 1.82) is 0 Å². The maximum Gasteiger partial charge on any atom is 0.146 e. The Labute approximate surface area is 129 Å². The van der Waals surface area contributed by atoms with Crippen molar-refractivity contribution < 1.29 is 4.74 Å². The van der Waals surface area contributed by atoms with E-state index in [0.717, 1.165) is 11.1 Å². The molecule has 1 atom stereocenters. The minimum atomic E-state index is 0.194. The summed E-state index contributed by atoms with van der Waals surface area (Å²) in [6.07, 6.45) is 0. The lowest BCUT2D eigenvalue weighted by atomic mass is 10.1. The standard InChI is InChI=1S/C16H17Cl2NO/c1-10-4-7-16(15(18)8-10)20-12-5-6-13(11(2)19-3)14(17)9-12/h4-9,11,19H,1-3H3. The summed E-state index contributed by atoms with van der Waals surface area (Å²) in [6.45, 7) is 4.04. The summed E-state index contributed by atoms with van der Waals surface area (Å²) < 4.78 is 5.78. The summed E-state index contributed by atoms with van der Waals surface area (Å²) in [7, 11) is 1.90. The van der Waals surface area contributed by atoms with E-state index in [1.165, 1.54) is 0 Å². The van der Waals surface area contributed by atoms with E-state index in [4.69, 9.17) is 27.9 Å². The van der Waals surface area contributed by atoms with Gasteiger partial charge in [-0.1, -0.05) is 35.3 Å². The maximum atomic E-state index is 6.28. The van der Waals surface area contributed by atoms with Crippen molar-refractivity contribution in [2.75, 3.05) is 7.05 Å². The van der Waals surface area contributed by atoms with Gasteiger partial charge in [-0.2, -0.15) is 0 Å². The van der Waals surface area contributed by atoms with E-state index in [9.17, 15) is 0 Å². The SMILES string of the molecule is CNC(C)c1ccc(Oc2ccc(C)cc2Cl)cc1Cl. The molecule has 0 saturated carbocycles. The highest BCUT2D eigenvalue weighted by Gasteiger charge is 2.10. The molecule has 0 saturated heterocycles. The van der Waals surface area contributed by atoms with Gasteiger partial charge in [0.15, 0.2) is 0 Å². The molecule has 0 aliphatic heterocycles. The van der Waals surface area contributed by atoms with Crippen molar-refractivity contribution in [3.63, 3.8) is 0 Å². The van der Waals surface area contributed by atoms with E-state index in [-0.39, 0.29) is 6.04 Å². The molecular weight excluding hydrogens is 293 g/mol. The topological polar surface area (TPSA) is 21.3 Å². The van der Waals surface area contributed by atoms with Crippen LogP contribution >= 0.6 is 23.2 Å². The molecule has 20 heavy (non-hydrogen) atoms. The van der Waals surface area contributed by atoms with Gasteiger partial charge in [-0.05, 0) is 56.3 Å². The summed E-state index contributed by atoms with van der Waals surface area (Å²) in [5.41, 5.74) is 2.13. The monoisotopic (exact) mass is 309 g/mol. The molecule has 1 N–H and O–H groups in total. The van der Waals surface area contributed by atoms with Gasteiger partial charge in [0.2, 0.25) is 0 Å². The Morgan fingerprint density at radius 1 is 1.05 bits per heavy atom. The Hall–Kier alpha value is -1.22. The van der Waals surface area contributed by atoms with Crippen molar-refractivity contribution in [3.8, 4) is 11.5 Å². The second kappa shape index (κ2) is 6.49. The lowest BCUT2D eigenvalue weighted by molar-refractivity contribution is 0.482. The number of hydrogen-bond donors (Lipinski definition) is 1. The zero-order valence-corrected chi connectivity index (χ0v) is 13.2. The van der Waals surface area contributed by atoms with Crippen molar-refractivity contribution in [3.05, 3.63) is 57.6 Å². The fourth-order valence-electron chi connectivity index (χ4n) is 1.89. The van der Waals surface area contributed by atoms with Gasteiger partial charge in [0.25, 0.3) is 0 Å². The van der Waals surface area contributed by atoms with E-state index in [1.54, 1.807) is 6.07 Å². The highest BCUT2D eigenvalue weighted by molar-refractivity contribution is 6.32. The summed E-state index contributed by atoms with van der Waals surface area (Å²) in [4.78, 5) is 0. The van der Waals surface area contributed by atoms with Crippen LogP contribution in [0.25, 0.3) is 0 Å². The molecule has 0 aromatic heterocycles. The fraction of sp³-hybridized carbons (Fsp3) is 0.250. The number of hydrogen-bond acceptors (Lipinski definition) is 2. The number of ether oxygens (including phenoxy) is 1. The van der Waals surface area contributed by atoms with E-state index >= 15 is 0 Å². The van der Waals surface area contributed by atoms with E-state index in [1.807, 2.05) is 44.3 Å². The zero-order chi connectivity index (χ0) is 14.7. The average Bonchev–Trinajstić information content (AvgIpc) is 2.41. The molecule has 0 radical (unpaired) electrons. The molecular formula is C16H17Cl2NO. The predicted molar refractivity (Wildman–Crippen MR) is 85.2 cm³/mol. The predicted octanol–water partition coefficient (Wildman–Crippen LogP) is 5.37. The molecule has 2 aromatic rings. The fourth-order valence-corrected chi connectivity index (χ4v) is 2.50. The number of aryl methyl sites for hydroxylation is 1. The molecule has 0 amide bonds. The first-order valence-electron chi connectivity index (χ1n) is 6.42. The van der Waals surface area contributed by atoms with Crippen LogP contribution in [0.3, 0.4) is 0 Å². The highest BCUT2D eigenvalue weighted by Crippen LogP contribution is 2.33. The summed E-state index contributed by atoms with van der Waals surface area (Å²) >= 11 is 12.4. The molecule has 0 bridgehead atoms. The van der Waals surface area contributed by atoms with Crippen LogP contribution < -0.4 is 10.1 Å². The first-order valence-corrected chi connectivity index (χ1v) is 7.17. The Morgan fingerprint density at radius 3 is 2.40 bits per heavy atom. The summed E-state index contributed by atoms with van der Waals surface area (Å²) in [5.74, 6) is 1.30. The van der Waals surface area contributed by atoms with Crippen LogP contribution in [0, 0.1) is 6.92 Å². The van der Waals surface area contributed by atoms with Gasteiger partial charge in [-0.15, -0.1) is 0 Å². The van der Waals surface area contributed by atoms with Crippen molar-refractivity contribution >= 4 is 23.2 Å². The van der Waals surface area contributed by atoms with Crippen LogP contribution in [0.4, 0.5) is 0 Å². The van der Waals surface area contributed by atoms with Crippen LogP contribution in [0.15, 0.2) is 36.4 Å². The molecule has 0 spiro atoms. The van der Waals surface area contributed by atoms with Gasteiger partial charge in [0.1, 0.15) is 11.5 Å². The van der Waals surface area contributed by atoms with E-state index < -0.39 is 0 Å². The van der Waals surface area contributed by atoms with Gasteiger partial charge in [-0.25, -0.2) is 0 Å². The van der Waals surface area contributed by atoms with Gasteiger partial charge in [-0.3, -0.25) is 0 Å². The number of nitrogens with one attached hydrogen (secondary N) is 1. The van der Waals surface area contributed by atoms with Gasteiger partial charge >= 0.3 is 0 Å². The number of halogens is 2. The van der Waals surface area contributed by atoms with Crippen molar-refractivity contribution in [1.82, 2.24) is 5.32 Å². The third kappa shape index (κ3) is 3.45. The molecule has 0 aliphatic rings. The second-order valence-corrected chi connectivity index (χ2v) is 5.54. The number of rotatable bonds is 4. The lowest BCUT2D eigenvalue weighted by Crippen LogP contribution is -2.12. The van der Waals surface area contributed by atoms with Crippen LogP contribution in [0.5, 0.6) is 11.5 Å². The Bertz CT molecular complexity index is 613. The van der Waals surface area contributed by atoms with Gasteiger partial charge in [0, 0.05) is 11.1 Å². The third-order valence-electron chi connectivity index (χ3n) is 3.19. The highest BCUT2D eigenvalue weighted by atomic mass is 35.5. The van der Waals surface area contributed by atoms with Crippen LogP contribution in [0.2, 0.25) is 10.0 Å². The molecule has 0 heterocycles. The Morgan fingerprint density at radius 2 is 1.80 bits per heavy atom. The van der Waals surface area contributed by atoms with Crippen LogP contribution in [-0.2, 0) is 0 Å². The Balaban J connectivity index is 2.24. The summed E-state index contributed by atoms with van der Waals surface area (Å²) in [5, 5.41) is 4.43. The van der Waals surface area contributed by atoms with Crippen LogP contribution in [0.1, 0.15) is 24.1 Å². The second-order valence-electron chi connectivity index (χ2n) is 4.73. The molecule has 2 aromatic carbocycles. The Kier molecular flexibility index (Phi) is 4.92. The molecule has 106 valence electrons. The first kappa shape index (κ1) is 15.2. The van der Waals surface area contributed by atoms with E-state index in [2.05, 4.69) is 12.2 Å². The molecule has 0 fully saturated rings. The molecule has 4 heteroatoms. The zero-order valence-electron chi connectivity index (χ0n) is 11.7. The van der Waals surface area contributed by atoms with Crippen LogP contribution in [-0.4, -0.2) is 7.05 Å². The van der Waals surface area contributed by atoms with Gasteiger partial charge in [0.05, 0.1) is 5.02 Å². The molecule has 2 rings (SSSR count). The van der Waals surface area contributed by atoms with Crippen molar-refractivity contribution in [2.45, 2.75) is 19.9 Å². The third-order valence-corrected chi connectivity index (χ3v) is 3.81. The largest absolute Gasteiger partial charge is 0.456 e. The quantitative estimate of drug-likeness (QED) is 0.819.